The lowest BCUT2D eigenvalue weighted by Crippen LogP contribution is -2.12. The molecule has 5 nitrogen and oxygen atoms in total. The van der Waals surface area contributed by atoms with Crippen LogP contribution in [0.25, 0.3) is 5.69 Å². The standard InChI is InChI=1S/C12H10N4O/c1-8-2-3-9(7-13)11(6-8)16-5-4-10(15-16)12(14)17/h2-6H,1H3,(H2,14,17). The summed E-state index contributed by atoms with van der Waals surface area (Å²) in [6.45, 7) is 1.92. The number of benzene rings is 1. The topological polar surface area (TPSA) is 84.7 Å². The average molecular weight is 226 g/mol. The summed E-state index contributed by atoms with van der Waals surface area (Å²) in [5, 5.41) is 13.0. The van der Waals surface area contributed by atoms with Crippen LogP contribution in [0, 0.1) is 18.3 Å². The molecule has 0 radical (unpaired) electrons. The van der Waals surface area contributed by atoms with Gasteiger partial charge in [-0.1, -0.05) is 6.07 Å². The largest absolute Gasteiger partial charge is 0.364 e. The second kappa shape index (κ2) is 4.10. The molecule has 2 rings (SSSR count). The Morgan fingerprint density at radius 3 is 2.82 bits per heavy atom. The van der Waals surface area contributed by atoms with Crippen LogP contribution < -0.4 is 5.73 Å². The molecule has 0 aliphatic heterocycles. The number of hydrogen-bond donors (Lipinski definition) is 1. The first-order valence-electron chi connectivity index (χ1n) is 4.98. The number of nitrogens with zero attached hydrogens (tertiary/aromatic N) is 3. The van der Waals surface area contributed by atoms with Gasteiger partial charge < -0.3 is 5.73 Å². The molecule has 1 aromatic heterocycles. The van der Waals surface area contributed by atoms with Crippen LogP contribution in [0.1, 0.15) is 21.6 Å². The lowest BCUT2D eigenvalue weighted by molar-refractivity contribution is 0.0995. The minimum Gasteiger partial charge on any atom is -0.364 e. The van der Waals surface area contributed by atoms with Crippen LogP contribution in [0.15, 0.2) is 30.5 Å². The van der Waals surface area contributed by atoms with Gasteiger partial charge in [0.05, 0.1) is 11.3 Å². The summed E-state index contributed by atoms with van der Waals surface area (Å²) in [6.07, 6.45) is 1.61. The number of carbonyl (C=O) groups excluding carboxylic acids is 1. The summed E-state index contributed by atoms with van der Waals surface area (Å²) < 4.78 is 1.48. The van der Waals surface area contributed by atoms with Crippen molar-refractivity contribution >= 4 is 5.91 Å². The minimum absolute atomic E-state index is 0.176. The van der Waals surface area contributed by atoms with Gasteiger partial charge >= 0.3 is 0 Å². The fourth-order valence-corrected chi connectivity index (χ4v) is 1.52. The van der Waals surface area contributed by atoms with Crippen molar-refractivity contribution in [2.45, 2.75) is 6.92 Å². The maximum absolute atomic E-state index is 10.9. The number of aromatic nitrogens is 2. The second-order valence-electron chi connectivity index (χ2n) is 3.64. The normalized spacial score (nSPS) is 9.88. The predicted molar refractivity (Wildman–Crippen MR) is 61.5 cm³/mol. The number of aryl methyl sites for hydroxylation is 1. The van der Waals surface area contributed by atoms with Crippen LogP contribution in [0.4, 0.5) is 0 Å². The Balaban J connectivity index is 2.56. The van der Waals surface area contributed by atoms with Crippen LogP contribution in [0.3, 0.4) is 0 Å². The third-order valence-electron chi connectivity index (χ3n) is 2.36. The minimum atomic E-state index is -0.588. The molecule has 5 heteroatoms. The molecule has 0 aliphatic carbocycles. The van der Waals surface area contributed by atoms with E-state index in [1.807, 2.05) is 19.1 Å². The molecule has 1 heterocycles. The van der Waals surface area contributed by atoms with Gasteiger partial charge in [0, 0.05) is 6.20 Å². The summed E-state index contributed by atoms with van der Waals surface area (Å²) in [7, 11) is 0. The maximum Gasteiger partial charge on any atom is 0.269 e. The van der Waals surface area contributed by atoms with E-state index >= 15 is 0 Å². The molecule has 0 saturated heterocycles. The van der Waals surface area contributed by atoms with Crippen molar-refractivity contribution in [2.24, 2.45) is 5.73 Å². The SMILES string of the molecule is Cc1ccc(C#N)c(-n2ccc(C(N)=O)n2)c1. The summed E-state index contributed by atoms with van der Waals surface area (Å²) in [6, 6.07) is 9.00. The van der Waals surface area contributed by atoms with Crippen molar-refractivity contribution in [1.82, 2.24) is 9.78 Å². The summed E-state index contributed by atoms with van der Waals surface area (Å²) in [4.78, 5) is 10.9. The summed E-state index contributed by atoms with van der Waals surface area (Å²) >= 11 is 0. The Morgan fingerprint density at radius 1 is 1.47 bits per heavy atom. The van der Waals surface area contributed by atoms with Crippen LogP contribution >= 0.6 is 0 Å². The zero-order chi connectivity index (χ0) is 12.4. The lowest BCUT2D eigenvalue weighted by Gasteiger charge is -2.04. The Hall–Kier alpha value is -2.61. The first-order chi connectivity index (χ1) is 8.11. The fourth-order valence-electron chi connectivity index (χ4n) is 1.52. The Morgan fingerprint density at radius 2 is 2.24 bits per heavy atom. The van der Waals surface area contributed by atoms with Crippen LogP contribution in [-0.4, -0.2) is 15.7 Å². The third kappa shape index (κ3) is 2.01. The molecule has 2 aromatic rings. The van der Waals surface area contributed by atoms with E-state index in [-0.39, 0.29) is 5.69 Å². The molecule has 1 amide bonds. The number of rotatable bonds is 2. The molecule has 0 saturated carbocycles. The van der Waals surface area contributed by atoms with Crippen molar-refractivity contribution in [1.29, 1.82) is 5.26 Å². The van der Waals surface area contributed by atoms with Gasteiger partial charge in [0.25, 0.3) is 5.91 Å². The highest BCUT2D eigenvalue weighted by atomic mass is 16.1. The highest BCUT2D eigenvalue weighted by molar-refractivity contribution is 5.90. The molecule has 0 fully saturated rings. The van der Waals surface area contributed by atoms with E-state index in [0.717, 1.165) is 5.56 Å². The fraction of sp³-hybridized carbons (Fsp3) is 0.0833. The van der Waals surface area contributed by atoms with Gasteiger partial charge in [0.1, 0.15) is 11.8 Å². The van der Waals surface area contributed by atoms with Crippen molar-refractivity contribution in [3.8, 4) is 11.8 Å². The van der Waals surface area contributed by atoms with Gasteiger partial charge in [0.2, 0.25) is 0 Å². The van der Waals surface area contributed by atoms with E-state index < -0.39 is 5.91 Å². The molecular weight excluding hydrogens is 216 g/mol. The van der Waals surface area contributed by atoms with Gasteiger partial charge in [-0.2, -0.15) is 10.4 Å². The van der Waals surface area contributed by atoms with Crippen molar-refractivity contribution in [2.75, 3.05) is 0 Å². The number of amides is 1. The molecule has 0 atom stereocenters. The molecule has 2 N–H and O–H groups in total. The molecule has 17 heavy (non-hydrogen) atoms. The summed E-state index contributed by atoms with van der Waals surface area (Å²) in [5.74, 6) is -0.588. The van der Waals surface area contributed by atoms with E-state index in [4.69, 9.17) is 11.0 Å². The van der Waals surface area contributed by atoms with E-state index in [1.54, 1.807) is 12.3 Å². The monoisotopic (exact) mass is 226 g/mol. The van der Waals surface area contributed by atoms with Gasteiger partial charge in [0.15, 0.2) is 0 Å². The maximum atomic E-state index is 10.9. The Labute approximate surface area is 98.1 Å². The van der Waals surface area contributed by atoms with E-state index in [2.05, 4.69) is 11.2 Å². The van der Waals surface area contributed by atoms with Crippen LogP contribution in [0.5, 0.6) is 0 Å². The number of nitriles is 1. The molecule has 0 aliphatic rings. The smallest absolute Gasteiger partial charge is 0.269 e. The van der Waals surface area contributed by atoms with Crippen LogP contribution in [0.2, 0.25) is 0 Å². The highest BCUT2D eigenvalue weighted by Gasteiger charge is 2.09. The van der Waals surface area contributed by atoms with Gasteiger partial charge in [-0.15, -0.1) is 0 Å². The Bertz CT molecular complexity index is 622. The summed E-state index contributed by atoms with van der Waals surface area (Å²) in [5.41, 5.74) is 7.45. The first kappa shape index (κ1) is 10.9. The first-order valence-corrected chi connectivity index (χ1v) is 4.98. The number of carbonyl (C=O) groups is 1. The highest BCUT2D eigenvalue weighted by Crippen LogP contribution is 2.15. The quantitative estimate of drug-likeness (QED) is 0.833. The lowest BCUT2D eigenvalue weighted by atomic mass is 10.1. The van der Waals surface area contributed by atoms with Crippen molar-refractivity contribution in [3.63, 3.8) is 0 Å². The van der Waals surface area contributed by atoms with E-state index in [0.29, 0.717) is 11.3 Å². The molecule has 0 bridgehead atoms. The number of hydrogen-bond acceptors (Lipinski definition) is 3. The predicted octanol–water partition coefficient (Wildman–Crippen LogP) is 1.15. The Kier molecular flexibility index (Phi) is 2.63. The number of primary amides is 1. The molecule has 0 spiro atoms. The molecule has 0 unspecified atom stereocenters. The zero-order valence-corrected chi connectivity index (χ0v) is 9.21. The van der Waals surface area contributed by atoms with Crippen molar-refractivity contribution < 1.29 is 4.79 Å². The molecular formula is C12H10N4O. The van der Waals surface area contributed by atoms with Crippen LogP contribution in [-0.2, 0) is 0 Å². The van der Waals surface area contributed by atoms with E-state index in [9.17, 15) is 4.79 Å². The zero-order valence-electron chi connectivity index (χ0n) is 9.21. The third-order valence-corrected chi connectivity index (χ3v) is 2.36. The molecule has 84 valence electrons. The second-order valence-corrected chi connectivity index (χ2v) is 3.64. The average Bonchev–Trinajstić information content (AvgIpc) is 2.78. The van der Waals surface area contributed by atoms with Gasteiger partial charge in [-0.25, -0.2) is 4.68 Å². The van der Waals surface area contributed by atoms with E-state index in [1.165, 1.54) is 10.7 Å². The number of nitrogens with two attached hydrogens (primary N) is 1. The molecule has 1 aromatic carbocycles. The van der Waals surface area contributed by atoms with Gasteiger partial charge in [-0.3, -0.25) is 4.79 Å². The van der Waals surface area contributed by atoms with Crippen molar-refractivity contribution in [3.05, 3.63) is 47.3 Å². The van der Waals surface area contributed by atoms with Gasteiger partial charge in [-0.05, 0) is 30.7 Å².